The van der Waals surface area contributed by atoms with Gasteiger partial charge in [0.2, 0.25) is 21.8 Å². The van der Waals surface area contributed by atoms with Crippen molar-refractivity contribution in [3.63, 3.8) is 0 Å². The number of carbonyl (C=O) groups is 4. The monoisotopic (exact) mass is 646 g/mol. The molecule has 4 rings (SSSR count). The first kappa shape index (κ1) is 33.3. The second-order valence-electron chi connectivity index (χ2n) is 11.7. The third-order valence-corrected chi connectivity index (χ3v) is 9.64. The van der Waals surface area contributed by atoms with E-state index in [1.165, 1.54) is 0 Å². The van der Waals surface area contributed by atoms with Gasteiger partial charge in [-0.2, -0.15) is 0 Å². The standard InChI is InChI=1S/C31H39ClN4O7S/c1-19(2)15-25(35-31(40)43-27(21-8-4-3-5-9-21)17-20-7-6-10-23(32)16-20)29(38)34-26(18-22-13-14-33-28(22)37)30(39)36-44(41,42)24-11-12-24/h3-10,16,19,22,24-27H,11-15,17-18H2,1-2H3,(H,33,37)(H,34,38)(H,35,40)(H,36,39)/t22-,25-,26-,27?/m0/s1. The Balaban J connectivity index is 1.48. The highest BCUT2D eigenvalue weighted by Crippen LogP contribution is 2.28. The topological polar surface area (TPSA) is 160 Å². The Morgan fingerprint density at radius 1 is 0.977 bits per heavy atom. The van der Waals surface area contributed by atoms with Gasteiger partial charge in [-0.15, -0.1) is 0 Å². The molecule has 1 saturated heterocycles. The number of nitrogens with one attached hydrogen (secondary N) is 4. The number of rotatable bonds is 14. The third-order valence-electron chi connectivity index (χ3n) is 7.57. The van der Waals surface area contributed by atoms with Crippen LogP contribution in [-0.2, 0) is 35.6 Å². The average molecular weight is 647 g/mol. The quantitative estimate of drug-likeness (QED) is 0.245. The third kappa shape index (κ3) is 9.68. The van der Waals surface area contributed by atoms with Gasteiger partial charge in [-0.25, -0.2) is 13.2 Å². The average Bonchev–Trinajstić information content (AvgIpc) is 3.75. The maximum atomic E-state index is 13.6. The first-order chi connectivity index (χ1) is 20.9. The molecule has 13 heteroatoms. The SMILES string of the molecule is CC(C)C[C@H](NC(=O)OC(Cc1cccc(Cl)c1)c1ccccc1)C(=O)N[C@@H](C[C@@H]1CCNC1=O)C(=O)NS(=O)(=O)C1CC1. The molecule has 0 bridgehead atoms. The number of sulfonamides is 1. The van der Waals surface area contributed by atoms with E-state index in [2.05, 4.69) is 20.7 Å². The molecule has 238 valence electrons. The number of hydrogen-bond donors (Lipinski definition) is 4. The van der Waals surface area contributed by atoms with Gasteiger partial charge in [0.25, 0.3) is 5.91 Å². The molecule has 0 aromatic heterocycles. The molecule has 4 amide bonds. The molecule has 2 aromatic carbocycles. The minimum Gasteiger partial charge on any atom is -0.441 e. The van der Waals surface area contributed by atoms with Crippen LogP contribution in [0.5, 0.6) is 0 Å². The highest BCUT2D eigenvalue weighted by Gasteiger charge is 2.40. The van der Waals surface area contributed by atoms with Crippen molar-refractivity contribution < 1.29 is 32.3 Å². The Labute approximate surface area is 262 Å². The number of hydrogen-bond acceptors (Lipinski definition) is 7. The van der Waals surface area contributed by atoms with Gasteiger partial charge in [-0.3, -0.25) is 19.1 Å². The van der Waals surface area contributed by atoms with Gasteiger partial charge >= 0.3 is 6.09 Å². The Hall–Kier alpha value is -3.64. The lowest BCUT2D eigenvalue weighted by Gasteiger charge is -2.26. The van der Waals surface area contributed by atoms with Crippen LogP contribution in [0.2, 0.25) is 5.02 Å². The maximum Gasteiger partial charge on any atom is 0.408 e. The largest absolute Gasteiger partial charge is 0.441 e. The van der Waals surface area contributed by atoms with Crippen molar-refractivity contribution in [2.75, 3.05) is 6.54 Å². The van der Waals surface area contributed by atoms with Crippen LogP contribution in [0.1, 0.15) is 63.2 Å². The number of halogens is 1. The Kier molecular flexibility index (Phi) is 11.3. The van der Waals surface area contributed by atoms with E-state index in [0.29, 0.717) is 37.3 Å². The summed E-state index contributed by atoms with van der Waals surface area (Å²) in [4.78, 5) is 52.2. The lowest BCUT2D eigenvalue weighted by molar-refractivity contribution is -0.130. The van der Waals surface area contributed by atoms with E-state index in [-0.39, 0.29) is 24.7 Å². The molecule has 2 aliphatic rings. The van der Waals surface area contributed by atoms with Gasteiger partial charge in [0.1, 0.15) is 18.2 Å². The minimum atomic E-state index is -3.89. The van der Waals surface area contributed by atoms with E-state index in [4.69, 9.17) is 16.3 Å². The molecule has 1 unspecified atom stereocenters. The Bertz CT molecular complexity index is 1450. The second kappa shape index (κ2) is 14.9. The van der Waals surface area contributed by atoms with Gasteiger partial charge in [0, 0.05) is 23.9 Å². The van der Waals surface area contributed by atoms with Crippen molar-refractivity contribution in [3.05, 3.63) is 70.7 Å². The molecule has 11 nitrogen and oxygen atoms in total. The van der Waals surface area contributed by atoms with Crippen LogP contribution in [-0.4, -0.2) is 56.1 Å². The van der Waals surface area contributed by atoms with Crippen LogP contribution in [0.25, 0.3) is 0 Å². The van der Waals surface area contributed by atoms with Crippen molar-refractivity contribution in [1.82, 2.24) is 20.7 Å². The fourth-order valence-corrected chi connectivity index (χ4v) is 6.67. The maximum absolute atomic E-state index is 13.6. The molecule has 1 saturated carbocycles. The van der Waals surface area contributed by atoms with Crippen LogP contribution < -0.4 is 20.7 Å². The first-order valence-corrected chi connectivity index (χ1v) is 16.7. The van der Waals surface area contributed by atoms with E-state index in [9.17, 15) is 27.6 Å². The van der Waals surface area contributed by atoms with E-state index in [0.717, 1.165) is 11.1 Å². The lowest BCUT2D eigenvalue weighted by Crippen LogP contribution is -2.55. The van der Waals surface area contributed by atoms with E-state index < -0.39 is 57.3 Å². The molecule has 2 aromatic rings. The van der Waals surface area contributed by atoms with E-state index >= 15 is 0 Å². The van der Waals surface area contributed by atoms with Crippen molar-refractivity contribution in [1.29, 1.82) is 0 Å². The summed E-state index contributed by atoms with van der Waals surface area (Å²) < 4.78 is 32.9. The highest BCUT2D eigenvalue weighted by atomic mass is 35.5. The molecule has 2 fully saturated rings. The normalized spacial score (nSPS) is 18.5. The van der Waals surface area contributed by atoms with Crippen molar-refractivity contribution in [2.24, 2.45) is 11.8 Å². The van der Waals surface area contributed by atoms with Crippen molar-refractivity contribution >= 4 is 45.4 Å². The van der Waals surface area contributed by atoms with Crippen LogP contribution in [0.15, 0.2) is 54.6 Å². The Morgan fingerprint density at radius 3 is 2.32 bits per heavy atom. The van der Waals surface area contributed by atoms with Gasteiger partial charge in [0.05, 0.1) is 5.25 Å². The zero-order chi connectivity index (χ0) is 31.9. The molecule has 1 heterocycles. The number of benzene rings is 2. The van der Waals surface area contributed by atoms with Gasteiger partial charge < -0.3 is 20.7 Å². The molecule has 0 radical (unpaired) electrons. The first-order valence-electron chi connectivity index (χ1n) is 14.8. The van der Waals surface area contributed by atoms with Crippen molar-refractivity contribution in [2.45, 2.75) is 75.8 Å². The fraction of sp³-hybridized carbons (Fsp3) is 0.484. The van der Waals surface area contributed by atoms with Crippen LogP contribution in [0.4, 0.5) is 4.79 Å². The molecule has 0 spiro atoms. The number of ether oxygens (including phenoxy) is 1. The lowest BCUT2D eigenvalue weighted by atomic mass is 9.97. The summed E-state index contributed by atoms with van der Waals surface area (Å²) in [6.07, 6.45) is 0.283. The predicted octanol–water partition coefficient (Wildman–Crippen LogP) is 3.38. The smallest absolute Gasteiger partial charge is 0.408 e. The summed E-state index contributed by atoms with van der Waals surface area (Å²) >= 11 is 6.16. The highest BCUT2D eigenvalue weighted by molar-refractivity contribution is 7.90. The molecule has 44 heavy (non-hydrogen) atoms. The van der Waals surface area contributed by atoms with Crippen molar-refractivity contribution in [3.8, 4) is 0 Å². The summed E-state index contributed by atoms with van der Waals surface area (Å²) in [5, 5.41) is 7.84. The molecular weight excluding hydrogens is 608 g/mol. The van der Waals surface area contributed by atoms with Crippen LogP contribution in [0.3, 0.4) is 0 Å². The van der Waals surface area contributed by atoms with Gasteiger partial charge in [0.15, 0.2) is 0 Å². The van der Waals surface area contributed by atoms with Crippen LogP contribution >= 0.6 is 11.6 Å². The Morgan fingerprint density at radius 2 is 1.70 bits per heavy atom. The predicted molar refractivity (Wildman–Crippen MR) is 165 cm³/mol. The molecule has 1 aliphatic carbocycles. The van der Waals surface area contributed by atoms with Gasteiger partial charge in [-0.05, 0) is 61.3 Å². The number of carbonyl (C=O) groups excluding carboxylic acids is 4. The number of alkyl carbamates (subject to hydrolysis) is 1. The second-order valence-corrected chi connectivity index (χ2v) is 14.1. The molecule has 4 atom stereocenters. The number of amides is 4. The zero-order valence-electron chi connectivity index (χ0n) is 24.8. The molecule has 4 N–H and O–H groups in total. The summed E-state index contributed by atoms with van der Waals surface area (Å²) in [5.41, 5.74) is 1.59. The zero-order valence-corrected chi connectivity index (χ0v) is 26.3. The summed E-state index contributed by atoms with van der Waals surface area (Å²) in [6.45, 7) is 4.16. The summed E-state index contributed by atoms with van der Waals surface area (Å²) in [7, 11) is -3.89. The van der Waals surface area contributed by atoms with E-state index in [1.54, 1.807) is 18.2 Å². The van der Waals surface area contributed by atoms with E-state index in [1.807, 2.05) is 50.2 Å². The fourth-order valence-electron chi connectivity index (χ4n) is 5.11. The van der Waals surface area contributed by atoms with Gasteiger partial charge in [-0.1, -0.05) is 67.9 Å². The molecule has 1 aliphatic heterocycles. The summed E-state index contributed by atoms with van der Waals surface area (Å²) in [5.74, 6) is -2.49. The minimum absolute atomic E-state index is 0.0365. The van der Waals surface area contributed by atoms with Crippen LogP contribution in [0, 0.1) is 11.8 Å². The summed E-state index contributed by atoms with van der Waals surface area (Å²) in [6, 6.07) is 14.0. The molecular formula is C31H39ClN4O7S.